The van der Waals surface area contributed by atoms with Crippen LogP contribution in [0, 0.1) is 0 Å². The van der Waals surface area contributed by atoms with E-state index in [1.807, 2.05) is 0 Å². The summed E-state index contributed by atoms with van der Waals surface area (Å²) in [7, 11) is 0. The molecule has 6 heteroatoms. The van der Waals surface area contributed by atoms with Crippen molar-refractivity contribution < 1.29 is 28.6 Å². The van der Waals surface area contributed by atoms with Gasteiger partial charge in [0.1, 0.15) is 13.2 Å². The van der Waals surface area contributed by atoms with Gasteiger partial charge in [-0.25, -0.2) is 0 Å². The summed E-state index contributed by atoms with van der Waals surface area (Å²) < 4.78 is 16.7. The van der Waals surface area contributed by atoms with Crippen LogP contribution in [0.15, 0.2) is 109 Å². The highest BCUT2D eigenvalue weighted by atomic mass is 16.6. The molecular weight excluding hydrogens is 769 g/mol. The van der Waals surface area contributed by atoms with E-state index in [4.69, 9.17) is 14.2 Å². The standard InChI is InChI=1S/C56H90O6/c1-4-7-10-13-16-19-22-25-27-29-31-34-37-40-43-46-49-55(58)61-52-53(51-60-54(57)48-45-42-39-36-33-30-24-21-18-15-12-9-6-3)62-56(59)50-47-44-41-38-35-32-28-26-23-20-17-14-11-8-5-2/h8-9,11-12,17-22,26-30,33,35,38,53H,4-7,10,13-16,23-25,31-32,34,36-37,39-52H2,1-3H3/b11-8-,12-9-,20-17-,21-18-,22-19-,28-26-,29-27-,33-30-,38-35-. The van der Waals surface area contributed by atoms with Crippen molar-refractivity contribution in [3.05, 3.63) is 109 Å². The number of esters is 3. The smallest absolute Gasteiger partial charge is 0.306 e. The Morgan fingerprint density at radius 3 is 1.03 bits per heavy atom. The van der Waals surface area contributed by atoms with Crippen LogP contribution in [0.2, 0.25) is 0 Å². The van der Waals surface area contributed by atoms with Crippen LogP contribution in [0.25, 0.3) is 0 Å². The molecule has 0 saturated heterocycles. The van der Waals surface area contributed by atoms with E-state index in [1.54, 1.807) is 0 Å². The average Bonchev–Trinajstić information content (AvgIpc) is 3.27. The molecule has 0 bridgehead atoms. The summed E-state index contributed by atoms with van der Waals surface area (Å²) >= 11 is 0. The van der Waals surface area contributed by atoms with Crippen LogP contribution in [0.1, 0.15) is 207 Å². The molecule has 6 nitrogen and oxygen atoms in total. The zero-order valence-corrected chi connectivity index (χ0v) is 39.8. The number of ether oxygens (including phenoxy) is 3. The molecule has 0 fully saturated rings. The molecule has 1 atom stereocenters. The average molecular weight is 859 g/mol. The number of unbranched alkanes of at least 4 members (excludes halogenated alkanes) is 14. The maximum absolute atomic E-state index is 12.8. The van der Waals surface area contributed by atoms with Crippen molar-refractivity contribution in [1.82, 2.24) is 0 Å². The molecule has 0 aliphatic rings. The fourth-order valence-corrected chi connectivity index (χ4v) is 6.30. The van der Waals surface area contributed by atoms with E-state index in [-0.39, 0.29) is 37.5 Å². The molecule has 0 radical (unpaired) electrons. The van der Waals surface area contributed by atoms with E-state index in [9.17, 15) is 14.4 Å². The zero-order chi connectivity index (χ0) is 45.1. The Kier molecular flexibility index (Phi) is 46.6. The molecule has 0 aromatic heterocycles. The highest BCUT2D eigenvalue weighted by Crippen LogP contribution is 2.12. The number of carbonyl (C=O) groups is 3. The van der Waals surface area contributed by atoms with Gasteiger partial charge in [-0.15, -0.1) is 0 Å². The predicted octanol–water partition coefficient (Wildman–Crippen LogP) is 16.4. The first kappa shape index (κ1) is 58.1. The molecule has 0 aliphatic heterocycles. The van der Waals surface area contributed by atoms with Crippen LogP contribution in [-0.4, -0.2) is 37.2 Å². The Bertz CT molecular complexity index is 1310. The van der Waals surface area contributed by atoms with E-state index in [0.29, 0.717) is 19.3 Å². The first-order valence-electron chi connectivity index (χ1n) is 24.9. The molecule has 0 aliphatic carbocycles. The third kappa shape index (κ3) is 47.1. The van der Waals surface area contributed by atoms with Crippen LogP contribution >= 0.6 is 0 Å². The van der Waals surface area contributed by atoms with Gasteiger partial charge in [0.05, 0.1) is 0 Å². The van der Waals surface area contributed by atoms with Crippen molar-refractivity contribution in [3.63, 3.8) is 0 Å². The summed E-state index contributed by atoms with van der Waals surface area (Å²) in [6.45, 7) is 6.30. The summed E-state index contributed by atoms with van der Waals surface area (Å²) in [5, 5.41) is 0. The summed E-state index contributed by atoms with van der Waals surface area (Å²) in [6, 6.07) is 0. The van der Waals surface area contributed by atoms with E-state index >= 15 is 0 Å². The lowest BCUT2D eigenvalue weighted by Gasteiger charge is -2.18. The minimum Gasteiger partial charge on any atom is -0.462 e. The Balaban J connectivity index is 4.54. The molecule has 0 saturated carbocycles. The minimum atomic E-state index is -0.819. The van der Waals surface area contributed by atoms with Gasteiger partial charge < -0.3 is 14.2 Å². The Hall–Kier alpha value is -3.93. The lowest BCUT2D eigenvalue weighted by atomic mass is 10.1. The molecule has 1 unspecified atom stereocenters. The Morgan fingerprint density at radius 2 is 0.629 bits per heavy atom. The number of hydrogen-bond acceptors (Lipinski definition) is 6. The van der Waals surface area contributed by atoms with Crippen LogP contribution in [0.5, 0.6) is 0 Å². The van der Waals surface area contributed by atoms with Crippen molar-refractivity contribution in [3.8, 4) is 0 Å². The molecule has 0 aromatic rings. The van der Waals surface area contributed by atoms with E-state index in [2.05, 4.69) is 130 Å². The lowest BCUT2D eigenvalue weighted by molar-refractivity contribution is -0.167. The molecule has 0 aromatic carbocycles. The van der Waals surface area contributed by atoms with Gasteiger partial charge >= 0.3 is 17.9 Å². The van der Waals surface area contributed by atoms with E-state index in [0.717, 1.165) is 128 Å². The summed E-state index contributed by atoms with van der Waals surface area (Å²) in [5.74, 6) is -1.01. The first-order chi connectivity index (χ1) is 30.5. The van der Waals surface area contributed by atoms with E-state index in [1.165, 1.54) is 32.1 Å². The lowest BCUT2D eigenvalue weighted by Crippen LogP contribution is -2.30. The largest absolute Gasteiger partial charge is 0.462 e. The Labute approximate surface area is 380 Å². The monoisotopic (exact) mass is 859 g/mol. The second kappa shape index (κ2) is 49.7. The van der Waals surface area contributed by atoms with Crippen LogP contribution in [-0.2, 0) is 28.6 Å². The molecule has 0 N–H and O–H groups in total. The van der Waals surface area contributed by atoms with Gasteiger partial charge in [-0.1, -0.05) is 175 Å². The topological polar surface area (TPSA) is 78.9 Å². The van der Waals surface area contributed by atoms with Gasteiger partial charge in [0, 0.05) is 19.3 Å². The first-order valence-corrected chi connectivity index (χ1v) is 24.9. The third-order valence-corrected chi connectivity index (χ3v) is 9.99. The van der Waals surface area contributed by atoms with Gasteiger partial charge in [0.2, 0.25) is 0 Å². The third-order valence-electron chi connectivity index (χ3n) is 9.99. The van der Waals surface area contributed by atoms with Gasteiger partial charge in [0.15, 0.2) is 6.10 Å². The molecule has 0 rings (SSSR count). The van der Waals surface area contributed by atoms with Crippen molar-refractivity contribution in [2.75, 3.05) is 13.2 Å². The number of rotatable bonds is 43. The second-order valence-electron chi connectivity index (χ2n) is 16.0. The van der Waals surface area contributed by atoms with Gasteiger partial charge in [-0.2, -0.15) is 0 Å². The highest BCUT2D eigenvalue weighted by Gasteiger charge is 2.19. The number of allylic oxidation sites excluding steroid dienone is 18. The Morgan fingerprint density at radius 1 is 0.339 bits per heavy atom. The van der Waals surface area contributed by atoms with Crippen LogP contribution in [0.4, 0.5) is 0 Å². The molecule has 0 amide bonds. The maximum Gasteiger partial charge on any atom is 0.306 e. The van der Waals surface area contributed by atoms with Crippen LogP contribution < -0.4 is 0 Å². The zero-order valence-electron chi connectivity index (χ0n) is 39.8. The highest BCUT2D eigenvalue weighted by molar-refractivity contribution is 5.71. The predicted molar refractivity (Wildman–Crippen MR) is 265 cm³/mol. The van der Waals surface area contributed by atoms with Gasteiger partial charge in [-0.3, -0.25) is 14.4 Å². The summed E-state index contributed by atoms with van der Waals surface area (Å²) in [6.07, 6.45) is 66.4. The molecule has 0 spiro atoms. The van der Waals surface area contributed by atoms with Crippen molar-refractivity contribution in [2.45, 2.75) is 213 Å². The quantitative estimate of drug-likeness (QED) is 0.0263. The van der Waals surface area contributed by atoms with Crippen molar-refractivity contribution in [1.29, 1.82) is 0 Å². The van der Waals surface area contributed by atoms with Gasteiger partial charge in [-0.05, 0) is 122 Å². The van der Waals surface area contributed by atoms with Crippen molar-refractivity contribution >= 4 is 17.9 Å². The number of carbonyl (C=O) groups excluding carboxylic acids is 3. The molecule has 350 valence electrons. The SMILES string of the molecule is CC/C=C\C/C=C\C/C=C\C/C=C\CCCCC(=O)OC(COC(=O)CCCCC/C=C\C/C=C\C/C=C\CC)COC(=O)CCCCCCC/C=C\C/C=C\CCCCCC. The fraction of sp³-hybridized carbons (Fsp3) is 0.625. The van der Waals surface area contributed by atoms with Gasteiger partial charge in [0.25, 0.3) is 0 Å². The maximum atomic E-state index is 12.8. The number of hydrogen-bond donors (Lipinski definition) is 0. The second-order valence-corrected chi connectivity index (χ2v) is 16.0. The van der Waals surface area contributed by atoms with E-state index < -0.39 is 6.10 Å². The summed E-state index contributed by atoms with van der Waals surface area (Å²) in [5.41, 5.74) is 0. The minimum absolute atomic E-state index is 0.114. The molecule has 62 heavy (non-hydrogen) atoms. The fourth-order valence-electron chi connectivity index (χ4n) is 6.30. The van der Waals surface area contributed by atoms with Crippen molar-refractivity contribution in [2.24, 2.45) is 0 Å². The van der Waals surface area contributed by atoms with Crippen LogP contribution in [0.3, 0.4) is 0 Å². The normalized spacial score (nSPS) is 13.0. The molecule has 0 heterocycles. The molecular formula is C56H90O6. The summed E-state index contributed by atoms with van der Waals surface area (Å²) in [4.78, 5) is 37.9.